The second-order valence-electron chi connectivity index (χ2n) is 8.78. The Kier molecular flexibility index (Phi) is 7.34. The van der Waals surface area contributed by atoms with E-state index in [4.69, 9.17) is 4.42 Å². The number of aliphatic imine (C=N–C) groups is 1. The molecule has 10 heteroatoms. The van der Waals surface area contributed by atoms with Gasteiger partial charge in [0.1, 0.15) is 17.4 Å². The molecule has 1 unspecified atom stereocenters. The number of aryl methyl sites for hydroxylation is 1. The first-order chi connectivity index (χ1) is 16.4. The van der Waals surface area contributed by atoms with Gasteiger partial charge >= 0.3 is 6.03 Å². The van der Waals surface area contributed by atoms with E-state index >= 15 is 0 Å². The average molecular weight is 469 g/mol. The zero-order valence-electron chi connectivity index (χ0n) is 19.7. The maximum absolute atomic E-state index is 13.3. The van der Waals surface area contributed by atoms with Crippen molar-refractivity contribution in [2.24, 2.45) is 4.99 Å². The van der Waals surface area contributed by atoms with Gasteiger partial charge < -0.3 is 24.9 Å². The van der Waals surface area contributed by atoms with Gasteiger partial charge in [-0.25, -0.2) is 9.79 Å². The Morgan fingerprint density at radius 3 is 2.65 bits per heavy atom. The summed E-state index contributed by atoms with van der Waals surface area (Å²) in [5.74, 6) is 0.770. The summed E-state index contributed by atoms with van der Waals surface area (Å²) in [7, 11) is 1.51. The minimum absolute atomic E-state index is 0.0129. The quantitative estimate of drug-likeness (QED) is 0.470. The number of benzene rings is 1. The van der Waals surface area contributed by atoms with Gasteiger partial charge in [-0.05, 0) is 63.3 Å². The fourth-order valence-electron chi connectivity index (χ4n) is 4.40. The number of hydrogen-bond acceptors (Lipinski definition) is 5. The van der Waals surface area contributed by atoms with Crippen LogP contribution in [0.3, 0.4) is 0 Å². The van der Waals surface area contributed by atoms with Gasteiger partial charge in [0.05, 0.1) is 6.54 Å². The van der Waals surface area contributed by atoms with Gasteiger partial charge in [0.2, 0.25) is 17.8 Å². The van der Waals surface area contributed by atoms with Crippen molar-refractivity contribution in [3.05, 3.63) is 30.0 Å². The van der Waals surface area contributed by atoms with Crippen molar-refractivity contribution in [1.82, 2.24) is 20.4 Å². The minimum Gasteiger partial charge on any atom is -0.461 e. The lowest BCUT2D eigenvalue weighted by molar-refractivity contribution is -0.140. The molecule has 0 saturated carbocycles. The number of fused-ring (bicyclic) bond motifs is 1. The number of furan rings is 1. The number of hydrogen-bond donors (Lipinski definition) is 3. The first kappa shape index (κ1) is 23.6. The van der Waals surface area contributed by atoms with Gasteiger partial charge in [0.25, 0.3) is 0 Å². The first-order valence-electron chi connectivity index (χ1n) is 11.8. The van der Waals surface area contributed by atoms with Crippen molar-refractivity contribution >= 4 is 40.5 Å². The molecule has 2 aliphatic heterocycles. The fraction of sp³-hybridized carbons (Fsp3) is 0.500. The van der Waals surface area contributed by atoms with Crippen LogP contribution in [0.4, 0.5) is 10.5 Å². The molecule has 10 nitrogen and oxygen atoms in total. The molecule has 2 aliphatic rings. The molecule has 2 fully saturated rings. The largest absolute Gasteiger partial charge is 0.461 e. The Morgan fingerprint density at radius 2 is 1.88 bits per heavy atom. The van der Waals surface area contributed by atoms with Crippen molar-refractivity contribution in [2.45, 2.75) is 45.1 Å². The Bertz CT molecular complexity index is 1090. The summed E-state index contributed by atoms with van der Waals surface area (Å²) < 4.78 is 5.62. The van der Waals surface area contributed by atoms with Crippen molar-refractivity contribution < 1.29 is 18.8 Å². The summed E-state index contributed by atoms with van der Waals surface area (Å²) in [6.45, 7) is 4.00. The van der Waals surface area contributed by atoms with Crippen molar-refractivity contribution in [1.29, 1.82) is 0 Å². The highest BCUT2D eigenvalue weighted by molar-refractivity contribution is 6.05. The Balaban J connectivity index is 1.53. The number of nitrogens with one attached hydrogen (secondary N) is 3. The highest BCUT2D eigenvalue weighted by atomic mass is 16.3. The van der Waals surface area contributed by atoms with E-state index in [9.17, 15) is 14.4 Å². The predicted molar refractivity (Wildman–Crippen MR) is 130 cm³/mol. The molecule has 2 aromatic rings. The molecule has 4 rings (SSSR count). The number of anilines is 1. The van der Waals surface area contributed by atoms with Gasteiger partial charge in [-0.3, -0.25) is 14.9 Å². The maximum atomic E-state index is 13.3. The maximum Gasteiger partial charge on any atom is 0.321 e. The zero-order valence-corrected chi connectivity index (χ0v) is 19.7. The predicted octanol–water partition coefficient (Wildman–Crippen LogP) is 2.44. The number of likely N-dealkylation sites (tertiary alicyclic amines) is 2. The molecule has 0 bridgehead atoms. The smallest absolute Gasteiger partial charge is 0.321 e. The SMILES string of the molecule is CNC(=O)NC(=NC1CCCCN(CC(=O)N2CCCC2)C1=O)Nc1ccc2oc(C)cc2c1. The number of rotatable bonds is 4. The van der Waals surface area contributed by atoms with E-state index in [1.54, 1.807) is 4.90 Å². The van der Waals surface area contributed by atoms with Crippen LogP contribution in [0, 0.1) is 6.92 Å². The molecular weight excluding hydrogens is 436 g/mol. The third-order valence-electron chi connectivity index (χ3n) is 6.18. The van der Waals surface area contributed by atoms with Crippen LogP contribution in [-0.2, 0) is 9.59 Å². The molecule has 4 amide bonds. The monoisotopic (exact) mass is 468 g/mol. The van der Waals surface area contributed by atoms with E-state index < -0.39 is 12.1 Å². The van der Waals surface area contributed by atoms with Crippen LogP contribution < -0.4 is 16.0 Å². The molecule has 1 aromatic carbocycles. The summed E-state index contributed by atoms with van der Waals surface area (Å²) >= 11 is 0. The molecule has 3 N–H and O–H groups in total. The number of nitrogens with zero attached hydrogens (tertiary/aromatic N) is 3. The Morgan fingerprint density at radius 1 is 1.12 bits per heavy atom. The molecular formula is C24H32N6O4. The number of carbonyl (C=O) groups excluding carboxylic acids is 3. The van der Waals surface area contributed by atoms with E-state index in [0.29, 0.717) is 18.7 Å². The van der Waals surface area contributed by atoms with E-state index in [2.05, 4.69) is 20.9 Å². The van der Waals surface area contributed by atoms with Crippen molar-refractivity contribution in [2.75, 3.05) is 38.5 Å². The van der Waals surface area contributed by atoms with Gasteiger partial charge in [-0.2, -0.15) is 0 Å². The highest BCUT2D eigenvalue weighted by Crippen LogP contribution is 2.23. The molecule has 182 valence electrons. The normalized spacial score (nSPS) is 19.3. The molecule has 1 aromatic heterocycles. The van der Waals surface area contributed by atoms with Gasteiger partial charge in [-0.1, -0.05) is 0 Å². The summed E-state index contributed by atoms with van der Waals surface area (Å²) in [5.41, 5.74) is 1.46. The van der Waals surface area contributed by atoms with Crippen LogP contribution in [0.2, 0.25) is 0 Å². The molecule has 2 saturated heterocycles. The van der Waals surface area contributed by atoms with Crippen LogP contribution in [0.1, 0.15) is 37.9 Å². The standard InChI is InChI=1S/C24H32N6O4/c1-16-13-17-14-18(8-9-20(17)34-16)26-23(28-24(33)25-2)27-19-7-3-4-12-30(22(19)32)15-21(31)29-10-5-6-11-29/h8-9,13-14,19H,3-7,10-12,15H2,1-2H3,(H3,25,26,27,28,33). The number of carbonyl (C=O) groups is 3. The van der Waals surface area contributed by atoms with E-state index in [0.717, 1.165) is 55.5 Å². The van der Waals surface area contributed by atoms with E-state index in [1.165, 1.54) is 7.05 Å². The second kappa shape index (κ2) is 10.6. The molecule has 3 heterocycles. The fourth-order valence-corrected chi connectivity index (χ4v) is 4.40. The number of amides is 4. The zero-order chi connectivity index (χ0) is 24.1. The van der Waals surface area contributed by atoms with Crippen molar-refractivity contribution in [3.8, 4) is 0 Å². The number of guanidine groups is 1. The molecule has 0 aliphatic carbocycles. The van der Waals surface area contributed by atoms with Crippen molar-refractivity contribution in [3.63, 3.8) is 0 Å². The van der Waals surface area contributed by atoms with Gasteiger partial charge in [0.15, 0.2) is 0 Å². The van der Waals surface area contributed by atoms with Crippen LogP contribution >= 0.6 is 0 Å². The Hall–Kier alpha value is -3.56. The summed E-state index contributed by atoms with van der Waals surface area (Å²) in [6.07, 6.45) is 4.19. The van der Waals surface area contributed by atoms with Crippen LogP contribution in [0.25, 0.3) is 11.0 Å². The lowest BCUT2D eigenvalue weighted by atomic mass is 10.1. The number of urea groups is 1. The highest BCUT2D eigenvalue weighted by Gasteiger charge is 2.30. The third-order valence-corrected chi connectivity index (χ3v) is 6.18. The third kappa shape index (κ3) is 5.67. The first-order valence-corrected chi connectivity index (χ1v) is 11.8. The molecule has 34 heavy (non-hydrogen) atoms. The second-order valence-corrected chi connectivity index (χ2v) is 8.78. The van der Waals surface area contributed by atoms with Crippen LogP contribution in [0.15, 0.2) is 33.7 Å². The topological polar surface area (TPSA) is 119 Å². The molecule has 0 spiro atoms. The Labute approximate surface area is 198 Å². The minimum atomic E-state index is -0.687. The average Bonchev–Trinajstić information content (AvgIpc) is 3.44. The molecule has 0 radical (unpaired) electrons. The van der Waals surface area contributed by atoms with Crippen LogP contribution in [-0.4, -0.2) is 72.9 Å². The lowest BCUT2D eigenvalue weighted by Crippen LogP contribution is -2.46. The lowest BCUT2D eigenvalue weighted by Gasteiger charge is -2.25. The van der Waals surface area contributed by atoms with Gasteiger partial charge in [-0.15, -0.1) is 0 Å². The summed E-state index contributed by atoms with van der Waals surface area (Å²) in [5, 5.41) is 9.23. The van der Waals surface area contributed by atoms with E-state index in [-0.39, 0.29) is 24.3 Å². The van der Waals surface area contributed by atoms with E-state index in [1.807, 2.05) is 36.1 Å². The van der Waals surface area contributed by atoms with Crippen LogP contribution in [0.5, 0.6) is 0 Å². The summed E-state index contributed by atoms with van der Waals surface area (Å²) in [4.78, 5) is 46.0. The van der Waals surface area contributed by atoms with Gasteiger partial charge in [0, 0.05) is 37.8 Å². The molecule has 1 atom stereocenters. The summed E-state index contributed by atoms with van der Waals surface area (Å²) in [6, 6.07) is 6.34.